The van der Waals surface area contributed by atoms with Crippen LogP contribution in [0, 0.1) is 0 Å². The summed E-state index contributed by atoms with van der Waals surface area (Å²) in [6, 6.07) is 23.3. The maximum atomic E-state index is 13.3. The van der Waals surface area contributed by atoms with Crippen LogP contribution in [0.2, 0.25) is 0 Å². The van der Waals surface area contributed by atoms with Gasteiger partial charge in [0.2, 0.25) is 5.82 Å². The first-order valence-corrected chi connectivity index (χ1v) is 12.6. The number of nitrogens with zero attached hydrogens (tertiary/aromatic N) is 3. The Labute approximate surface area is 228 Å². The highest BCUT2D eigenvalue weighted by atomic mass is 79.9. The van der Waals surface area contributed by atoms with Gasteiger partial charge in [0.05, 0.1) is 27.9 Å². The third kappa shape index (κ3) is 5.52. The van der Waals surface area contributed by atoms with Crippen molar-refractivity contribution in [3.63, 3.8) is 0 Å². The monoisotopic (exact) mass is 617 g/mol. The maximum Gasteiger partial charge on any atom is 0.336 e. The number of fused-ring (bicyclic) bond motifs is 1. The fourth-order valence-corrected chi connectivity index (χ4v) is 4.90. The number of rotatable bonds is 6. The molecule has 0 spiro atoms. The molecule has 9 heteroatoms. The lowest BCUT2D eigenvalue weighted by atomic mass is 10.2. The third-order valence-electron chi connectivity index (χ3n) is 5.26. The smallest absolute Gasteiger partial charge is 0.336 e. The van der Waals surface area contributed by atoms with Gasteiger partial charge < -0.3 is 9.15 Å². The van der Waals surface area contributed by atoms with Gasteiger partial charge in [0, 0.05) is 16.1 Å². The highest BCUT2D eigenvalue weighted by Gasteiger charge is 2.16. The summed E-state index contributed by atoms with van der Waals surface area (Å²) in [4.78, 5) is 30.5. The average molecular weight is 619 g/mol. The van der Waals surface area contributed by atoms with E-state index < -0.39 is 5.97 Å². The fraction of sp³-hybridized carbons (Fsp3) is 0. The SMILES string of the molecule is O=C(/C=C/c1ccccc1)Oc1c(Br)cc(Br)cc1C=Nn1c(-c2ccco2)nc2ccccc2c1=O. The minimum Gasteiger partial charge on any atom is -0.461 e. The van der Waals surface area contributed by atoms with Crippen LogP contribution in [0.5, 0.6) is 5.75 Å². The Hall–Kier alpha value is -4.08. The van der Waals surface area contributed by atoms with Crippen LogP contribution >= 0.6 is 31.9 Å². The van der Waals surface area contributed by atoms with E-state index in [0.717, 1.165) is 14.7 Å². The Bertz CT molecular complexity index is 1710. The van der Waals surface area contributed by atoms with Gasteiger partial charge in [0.25, 0.3) is 5.56 Å². The van der Waals surface area contributed by atoms with E-state index in [2.05, 4.69) is 41.9 Å². The zero-order valence-corrected chi connectivity index (χ0v) is 22.2. The van der Waals surface area contributed by atoms with Crippen LogP contribution in [0.25, 0.3) is 28.6 Å². The summed E-state index contributed by atoms with van der Waals surface area (Å²) in [5.74, 6) is 0.301. The molecule has 5 rings (SSSR count). The van der Waals surface area contributed by atoms with E-state index in [1.54, 1.807) is 54.6 Å². The van der Waals surface area contributed by atoms with Crippen molar-refractivity contribution in [2.45, 2.75) is 0 Å². The maximum absolute atomic E-state index is 13.3. The fourth-order valence-electron chi connectivity index (χ4n) is 3.56. The van der Waals surface area contributed by atoms with Crippen LogP contribution < -0.4 is 10.3 Å². The molecular weight excluding hydrogens is 602 g/mol. The molecule has 0 amide bonds. The van der Waals surface area contributed by atoms with Crippen LogP contribution in [-0.2, 0) is 4.79 Å². The second-order valence-corrected chi connectivity index (χ2v) is 9.53. The zero-order chi connectivity index (χ0) is 25.8. The quantitative estimate of drug-likeness (QED) is 0.0917. The summed E-state index contributed by atoms with van der Waals surface area (Å²) in [6.07, 6.45) is 5.94. The number of carbonyl (C=O) groups excluding carboxylic acids is 1. The highest BCUT2D eigenvalue weighted by molar-refractivity contribution is 9.11. The first-order valence-electron chi connectivity index (χ1n) is 11.0. The van der Waals surface area contributed by atoms with Crippen LogP contribution in [0.15, 0.2) is 114 Å². The number of furan rings is 1. The van der Waals surface area contributed by atoms with Crippen LogP contribution in [0.3, 0.4) is 0 Å². The number of ether oxygens (including phenoxy) is 1. The van der Waals surface area contributed by atoms with Crippen LogP contribution in [0.4, 0.5) is 0 Å². The van der Waals surface area contributed by atoms with Crippen LogP contribution in [0.1, 0.15) is 11.1 Å². The Morgan fingerprint density at radius 1 is 1.00 bits per heavy atom. The molecule has 5 aromatic rings. The molecule has 37 heavy (non-hydrogen) atoms. The number of hydrogen-bond acceptors (Lipinski definition) is 6. The van der Waals surface area contributed by atoms with Gasteiger partial charge in [-0.3, -0.25) is 4.79 Å². The van der Waals surface area contributed by atoms with E-state index in [1.807, 2.05) is 30.3 Å². The lowest BCUT2D eigenvalue weighted by Gasteiger charge is -2.10. The molecular formula is C28H17Br2N3O4. The summed E-state index contributed by atoms with van der Waals surface area (Å²) in [6.45, 7) is 0. The normalized spacial score (nSPS) is 11.5. The molecule has 0 aliphatic carbocycles. The molecule has 3 aromatic carbocycles. The lowest BCUT2D eigenvalue weighted by Crippen LogP contribution is -2.20. The molecule has 2 heterocycles. The summed E-state index contributed by atoms with van der Waals surface area (Å²) in [5.41, 5.74) is 1.47. The van der Waals surface area contributed by atoms with E-state index in [9.17, 15) is 9.59 Å². The molecule has 2 aromatic heterocycles. The molecule has 0 aliphatic heterocycles. The highest BCUT2D eigenvalue weighted by Crippen LogP contribution is 2.32. The molecule has 0 N–H and O–H groups in total. The molecule has 182 valence electrons. The number of esters is 1. The van der Waals surface area contributed by atoms with Crippen molar-refractivity contribution >= 4 is 61.0 Å². The molecule has 0 atom stereocenters. The van der Waals surface area contributed by atoms with E-state index >= 15 is 0 Å². The van der Waals surface area contributed by atoms with Gasteiger partial charge in [0.1, 0.15) is 0 Å². The second kappa shape index (κ2) is 10.9. The minimum atomic E-state index is -0.567. The van der Waals surface area contributed by atoms with E-state index in [4.69, 9.17) is 9.15 Å². The van der Waals surface area contributed by atoms with Gasteiger partial charge in [-0.2, -0.15) is 9.78 Å². The van der Waals surface area contributed by atoms with E-state index in [1.165, 1.54) is 18.6 Å². The summed E-state index contributed by atoms with van der Waals surface area (Å²) in [7, 11) is 0. The molecule has 0 unspecified atom stereocenters. The average Bonchev–Trinajstić information content (AvgIpc) is 3.44. The van der Waals surface area contributed by atoms with Crippen LogP contribution in [-0.4, -0.2) is 21.8 Å². The number of para-hydroxylation sites is 1. The number of hydrogen-bond donors (Lipinski definition) is 0. The lowest BCUT2D eigenvalue weighted by molar-refractivity contribution is -0.128. The first kappa shape index (κ1) is 24.6. The zero-order valence-electron chi connectivity index (χ0n) is 19.0. The number of aromatic nitrogens is 2. The second-order valence-electron chi connectivity index (χ2n) is 7.76. The molecule has 0 radical (unpaired) electrons. The molecule has 0 aliphatic rings. The topological polar surface area (TPSA) is 86.7 Å². The van der Waals surface area contributed by atoms with Crippen molar-refractivity contribution in [1.29, 1.82) is 0 Å². The van der Waals surface area contributed by atoms with Crippen molar-refractivity contribution in [3.8, 4) is 17.3 Å². The molecule has 0 fully saturated rings. The number of carbonyl (C=O) groups is 1. The summed E-state index contributed by atoms with van der Waals surface area (Å²) >= 11 is 6.90. The Morgan fingerprint density at radius 2 is 1.78 bits per heavy atom. The molecule has 0 saturated heterocycles. The Kier molecular flexibility index (Phi) is 7.25. The predicted molar refractivity (Wildman–Crippen MR) is 150 cm³/mol. The predicted octanol–water partition coefficient (Wildman–Crippen LogP) is 6.68. The van der Waals surface area contributed by atoms with Gasteiger partial charge >= 0.3 is 5.97 Å². The van der Waals surface area contributed by atoms with Gasteiger partial charge in [-0.1, -0.05) is 58.4 Å². The number of halogens is 2. The Balaban J connectivity index is 1.54. The van der Waals surface area contributed by atoms with Crippen molar-refractivity contribution in [2.75, 3.05) is 0 Å². The van der Waals surface area contributed by atoms with Gasteiger partial charge in [0.15, 0.2) is 11.5 Å². The van der Waals surface area contributed by atoms with Gasteiger partial charge in [-0.15, -0.1) is 0 Å². The van der Waals surface area contributed by atoms with E-state index in [0.29, 0.717) is 26.7 Å². The number of benzene rings is 3. The van der Waals surface area contributed by atoms with Gasteiger partial charge in [-0.05, 0) is 64.0 Å². The largest absolute Gasteiger partial charge is 0.461 e. The third-order valence-corrected chi connectivity index (χ3v) is 6.31. The van der Waals surface area contributed by atoms with E-state index in [-0.39, 0.29) is 17.1 Å². The standard InChI is InChI=1S/C28H17Br2N3O4/c29-20-15-19(26(22(30)16-20)37-25(34)13-12-18-7-2-1-3-8-18)17-31-33-27(24-11-6-14-36-24)32-23-10-5-4-9-21(23)28(33)35/h1-17H/b13-12+,31-17?. The van der Waals surface area contributed by atoms with Crippen molar-refractivity contribution in [1.82, 2.24) is 9.66 Å². The van der Waals surface area contributed by atoms with Crippen molar-refractivity contribution in [2.24, 2.45) is 5.10 Å². The summed E-state index contributed by atoms with van der Waals surface area (Å²) in [5, 5.41) is 4.84. The van der Waals surface area contributed by atoms with Crippen molar-refractivity contribution < 1.29 is 13.9 Å². The molecule has 0 bridgehead atoms. The molecule has 0 saturated carbocycles. The Morgan fingerprint density at radius 3 is 2.57 bits per heavy atom. The van der Waals surface area contributed by atoms with Gasteiger partial charge in [-0.25, -0.2) is 9.78 Å². The molecule has 7 nitrogen and oxygen atoms in total. The minimum absolute atomic E-state index is 0.239. The summed E-state index contributed by atoms with van der Waals surface area (Å²) < 4.78 is 13.6. The van der Waals surface area contributed by atoms with Crippen molar-refractivity contribution in [3.05, 3.63) is 122 Å². The first-order chi connectivity index (χ1) is 18.0.